The first-order valence-electron chi connectivity index (χ1n) is 9.93. The average molecular weight is 484 g/mol. The molecule has 7 nitrogen and oxygen atoms in total. The average Bonchev–Trinajstić information content (AvgIpc) is 3.29. The van der Waals surface area contributed by atoms with Crippen LogP contribution in [-0.4, -0.2) is 34.8 Å². The molecule has 2 aromatic carbocycles. The molecule has 3 aromatic rings. The van der Waals surface area contributed by atoms with Crippen molar-refractivity contribution < 1.29 is 32.1 Å². The molecule has 1 amide bonds. The molecule has 0 saturated heterocycles. The van der Waals surface area contributed by atoms with E-state index in [1.54, 1.807) is 55.6 Å². The molecule has 0 spiro atoms. The Labute approximate surface area is 193 Å². The molecule has 1 aromatic heterocycles. The molecule has 0 aliphatic carbocycles. The minimum absolute atomic E-state index is 0.139. The van der Waals surface area contributed by atoms with Crippen molar-refractivity contribution >= 4 is 17.5 Å². The topological polar surface area (TPSA) is 77.7 Å². The lowest BCUT2D eigenvalue weighted by Crippen LogP contribution is -2.30. The van der Waals surface area contributed by atoms with Gasteiger partial charge in [0.2, 0.25) is 11.7 Å². The van der Waals surface area contributed by atoms with Crippen LogP contribution >= 0.6 is 11.6 Å². The quantitative estimate of drug-likeness (QED) is 0.288. The second kappa shape index (κ2) is 11.3. The lowest BCUT2D eigenvalue weighted by molar-refractivity contribution is -0.195. The molecule has 1 heterocycles. The zero-order valence-electron chi connectivity index (χ0n) is 17.6. The standard InChI is InChI=1S/C22H21ClF3N3O4/c1-31-12-2-3-19(30)29(32-14-16-6-10-18(23)11-7-16)13-15-4-8-17(9-5-15)20-27-21(33-28-20)22(24,25)26/h4-11H,2-3,12-14H2,1H3. The summed E-state index contributed by atoms with van der Waals surface area (Å²) in [6.45, 7) is 0.740. The van der Waals surface area contributed by atoms with E-state index in [1.807, 2.05) is 0 Å². The van der Waals surface area contributed by atoms with Gasteiger partial charge in [0.15, 0.2) is 0 Å². The van der Waals surface area contributed by atoms with Crippen LogP contribution in [-0.2, 0) is 33.7 Å². The maximum atomic E-state index is 12.7. The van der Waals surface area contributed by atoms with Crippen LogP contribution in [0.2, 0.25) is 5.02 Å². The summed E-state index contributed by atoms with van der Waals surface area (Å²) in [5.41, 5.74) is 1.88. The molecule has 11 heteroatoms. The number of alkyl halides is 3. The van der Waals surface area contributed by atoms with E-state index in [0.29, 0.717) is 29.2 Å². The number of nitrogens with zero attached hydrogens (tertiary/aromatic N) is 3. The molecule has 176 valence electrons. The SMILES string of the molecule is COCCCC(=O)N(Cc1ccc(-c2noc(C(F)(F)F)n2)cc1)OCc1ccc(Cl)cc1. The van der Waals surface area contributed by atoms with Crippen molar-refractivity contribution in [3.8, 4) is 11.4 Å². The summed E-state index contributed by atoms with van der Waals surface area (Å²) in [6, 6.07) is 13.5. The molecule has 0 aliphatic rings. The van der Waals surface area contributed by atoms with Gasteiger partial charge in [-0.05, 0) is 29.7 Å². The predicted octanol–water partition coefficient (Wildman–Crippen LogP) is 5.30. The van der Waals surface area contributed by atoms with E-state index in [-0.39, 0.29) is 31.3 Å². The lowest BCUT2D eigenvalue weighted by Gasteiger charge is -2.22. The van der Waals surface area contributed by atoms with E-state index in [4.69, 9.17) is 21.2 Å². The Balaban J connectivity index is 1.69. The second-order valence-corrected chi connectivity index (χ2v) is 7.48. The molecule has 0 fully saturated rings. The van der Waals surface area contributed by atoms with Crippen LogP contribution in [0.3, 0.4) is 0 Å². The van der Waals surface area contributed by atoms with Crippen molar-refractivity contribution in [1.82, 2.24) is 15.2 Å². The van der Waals surface area contributed by atoms with Crippen LogP contribution in [0, 0.1) is 0 Å². The van der Waals surface area contributed by atoms with E-state index in [1.165, 1.54) is 5.06 Å². The maximum absolute atomic E-state index is 12.7. The first kappa shape index (κ1) is 24.7. The van der Waals surface area contributed by atoms with Crippen LogP contribution in [0.1, 0.15) is 29.9 Å². The Morgan fingerprint density at radius 2 is 1.76 bits per heavy atom. The van der Waals surface area contributed by atoms with E-state index < -0.39 is 12.1 Å². The van der Waals surface area contributed by atoms with Gasteiger partial charge in [-0.2, -0.15) is 18.2 Å². The molecule has 0 bridgehead atoms. The summed E-state index contributed by atoms with van der Waals surface area (Å²) in [4.78, 5) is 21.8. The largest absolute Gasteiger partial charge is 0.471 e. The van der Waals surface area contributed by atoms with E-state index in [2.05, 4.69) is 14.7 Å². The molecule has 3 rings (SSSR count). The number of carbonyl (C=O) groups excluding carboxylic acids is 1. The number of hydroxylamine groups is 2. The highest BCUT2D eigenvalue weighted by Gasteiger charge is 2.38. The zero-order chi connectivity index (χ0) is 23.8. The van der Waals surface area contributed by atoms with E-state index >= 15 is 0 Å². The number of ether oxygens (including phenoxy) is 1. The summed E-state index contributed by atoms with van der Waals surface area (Å²) in [5.74, 6) is -1.82. The van der Waals surface area contributed by atoms with Crippen molar-refractivity contribution in [1.29, 1.82) is 0 Å². The Kier molecular flexibility index (Phi) is 8.43. The van der Waals surface area contributed by atoms with Crippen LogP contribution in [0.5, 0.6) is 0 Å². The van der Waals surface area contributed by atoms with Gasteiger partial charge in [-0.15, -0.1) is 0 Å². The van der Waals surface area contributed by atoms with E-state index in [0.717, 1.165) is 5.56 Å². The molecular formula is C22H21ClF3N3O4. The van der Waals surface area contributed by atoms with Crippen molar-refractivity contribution in [2.75, 3.05) is 13.7 Å². The predicted molar refractivity (Wildman–Crippen MR) is 113 cm³/mol. The highest BCUT2D eigenvalue weighted by molar-refractivity contribution is 6.30. The fourth-order valence-electron chi connectivity index (χ4n) is 2.81. The Bertz CT molecular complexity index is 1040. The Morgan fingerprint density at radius 3 is 2.36 bits per heavy atom. The lowest BCUT2D eigenvalue weighted by atomic mass is 10.1. The van der Waals surface area contributed by atoms with Crippen LogP contribution < -0.4 is 0 Å². The number of benzene rings is 2. The normalized spacial score (nSPS) is 11.5. The number of aromatic nitrogens is 2. The van der Waals surface area contributed by atoms with Gasteiger partial charge in [-0.1, -0.05) is 53.2 Å². The van der Waals surface area contributed by atoms with Gasteiger partial charge in [-0.3, -0.25) is 9.63 Å². The monoisotopic (exact) mass is 483 g/mol. The third-order valence-corrected chi connectivity index (χ3v) is 4.78. The Morgan fingerprint density at radius 1 is 1.09 bits per heavy atom. The molecule has 0 unspecified atom stereocenters. The summed E-state index contributed by atoms with van der Waals surface area (Å²) in [7, 11) is 1.56. The van der Waals surface area contributed by atoms with Gasteiger partial charge in [-0.25, -0.2) is 5.06 Å². The number of hydrogen-bond donors (Lipinski definition) is 0. The van der Waals surface area contributed by atoms with Gasteiger partial charge in [0, 0.05) is 30.7 Å². The summed E-state index contributed by atoms with van der Waals surface area (Å²) < 4.78 is 47.2. The van der Waals surface area contributed by atoms with Gasteiger partial charge < -0.3 is 9.26 Å². The highest BCUT2D eigenvalue weighted by Crippen LogP contribution is 2.29. The van der Waals surface area contributed by atoms with Gasteiger partial charge in [0.1, 0.15) is 6.61 Å². The Hall–Kier alpha value is -2.95. The molecular weight excluding hydrogens is 463 g/mol. The number of hydrogen-bond acceptors (Lipinski definition) is 6. The number of carbonyl (C=O) groups is 1. The van der Waals surface area contributed by atoms with Crippen molar-refractivity contribution in [3.63, 3.8) is 0 Å². The van der Waals surface area contributed by atoms with Crippen molar-refractivity contribution in [2.24, 2.45) is 0 Å². The fraction of sp³-hybridized carbons (Fsp3) is 0.318. The summed E-state index contributed by atoms with van der Waals surface area (Å²) >= 11 is 5.90. The first-order valence-corrected chi connectivity index (χ1v) is 10.3. The van der Waals surface area contributed by atoms with Gasteiger partial charge >= 0.3 is 12.1 Å². The number of rotatable bonds is 10. The maximum Gasteiger partial charge on any atom is 0.471 e. The molecule has 0 N–H and O–H groups in total. The molecule has 0 radical (unpaired) electrons. The fourth-order valence-corrected chi connectivity index (χ4v) is 2.94. The third kappa shape index (κ3) is 7.28. The second-order valence-electron chi connectivity index (χ2n) is 7.04. The van der Waals surface area contributed by atoms with Crippen LogP contribution in [0.4, 0.5) is 13.2 Å². The van der Waals surface area contributed by atoms with Gasteiger partial charge in [0.05, 0.1) is 6.54 Å². The van der Waals surface area contributed by atoms with Crippen LogP contribution in [0.15, 0.2) is 53.1 Å². The minimum atomic E-state index is -4.71. The van der Waals surface area contributed by atoms with Gasteiger partial charge in [0.25, 0.3) is 0 Å². The summed E-state index contributed by atoms with van der Waals surface area (Å²) in [6.07, 6.45) is -3.94. The number of methoxy groups -OCH3 is 1. The highest BCUT2D eigenvalue weighted by atomic mass is 35.5. The zero-order valence-corrected chi connectivity index (χ0v) is 18.4. The number of halogens is 4. The molecule has 33 heavy (non-hydrogen) atoms. The van der Waals surface area contributed by atoms with E-state index in [9.17, 15) is 18.0 Å². The first-order chi connectivity index (χ1) is 15.8. The molecule has 0 aliphatic heterocycles. The summed E-state index contributed by atoms with van der Waals surface area (Å²) in [5, 5.41) is 5.22. The van der Waals surface area contributed by atoms with Crippen molar-refractivity contribution in [3.05, 3.63) is 70.6 Å². The minimum Gasteiger partial charge on any atom is -0.385 e. The molecule has 0 saturated carbocycles. The number of amides is 1. The smallest absolute Gasteiger partial charge is 0.385 e. The van der Waals surface area contributed by atoms with Crippen LogP contribution in [0.25, 0.3) is 11.4 Å². The molecule has 0 atom stereocenters. The van der Waals surface area contributed by atoms with Crippen molar-refractivity contribution in [2.45, 2.75) is 32.2 Å². The third-order valence-electron chi connectivity index (χ3n) is 4.52.